The monoisotopic (exact) mass is 384 g/mol. The number of halogens is 3. The third-order valence-corrected chi connectivity index (χ3v) is 4.38. The lowest BCUT2D eigenvalue weighted by Gasteiger charge is -2.02. The van der Waals surface area contributed by atoms with Gasteiger partial charge in [-0.25, -0.2) is 0 Å². The molecule has 0 unspecified atom stereocenters. The molecule has 0 heterocycles. The van der Waals surface area contributed by atoms with E-state index in [1.54, 1.807) is 11.8 Å². The Hall–Kier alpha value is -1.06. The summed E-state index contributed by atoms with van der Waals surface area (Å²) >= 11 is 18.2. The normalized spacial score (nSPS) is 10.0. The van der Waals surface area contributed by atoms with Crippen LogP contribution in [0.15, 0.2) is 71.6 Å². The number of benzene rings is 3. The maximum atomic E-state index is 5.67. The SMILES string of the molecule is ClCOc1ccc2ccccc2c1.ClCSc1ccc(Cl)cc1. The lowest BCUT2D eigenvalue weighted by Crippen LogP contribution is -1.87. The van der Waals surface area contributed by atoms with Crippen LogP contribution >= 0.6 is 46.6 Å². The van der Waals surface area contributed by atoms with Crippen LogP contribution in [-0.4, -0.2) is 11.3 Å². The average Bonchev–Trinajstić information content (AvgIpc) is 2.58. The molecule has 0 N–H and O–H groups in total. The van der Waals surface area contributed by atoms with Gasteiger partial charge in [-0.3, -0.25) is 0 Å². The maximum Gasteiger partial charge on any atom is 0.162 e. The highest BCUT2D eigenvalue weighted by molar-refractivity contribution is 8.00. The largest absolute Gasteiger partial charge is 0.478 e. The Labute approximate surface area is 155 Å². The molecule has 0 amide bonds. The lowest BCUT2D eigenvalue weighted by atomic mass is 10.1. The van der Waals surface area contributed by atoms with E-state index < -0.39 is 0 Å². The van der Waals surface area contributed by atoms with Crippen LogP contribution < -0.4 is 4.74 Å². The molecule has 3 aromatic rings. The van der Waals surface area contributed by atoms with Crippen LogP contribution in [0.4, 0.5) is 0 Å². The number of rotatable bonds is 4. The first-order chi connectivity index (χ1) is 11.2. The summed E-state index contributed by atoms with van der Waals surface area (Å²) in [5.74, 6) is 0.814. The molecule has 0 aliphatic heterocycles. The van der Waals surface area contributed by atoms with Gasteiger partial charge in [0.25, 0.3) is 0 Å². The molecule has 5 heteroatoms. The van der Waals surface area contributed by atoms with Gasteiger partial charge in [0.1, 0.15) is 5.75 Å². The molecule has 0 aliphatic carbocycles. The van der Waals surface area contributed by atoms with Gasteiger partial charge in [0, 0.05) is 9.92 Å². The Kier molecular flexibility index (Phi) is 7.90. The number of ether oxygens (including phenoxy) is 1. The number of thioether (sulfide) groups is 1. The van der Waals surface area contributed by atoms with Gasteiger partial charge in [0.2, 0.25) is 0 Å². The second-order valence-electron chi connectivity index (χ2n) is 4.47. The van der Waals surface area contributed by atoms with Crippen molar-refractivity contribution in [2.24, 2.45) is 0 Å². The van der Waals surface area contributed by atoms with Crippen molar-refractivity contribution in [3.63, 3.8) is 0 Å². The molecule has 0 radical (unpaired) electrons. The van der Waals surface area contributed by atoms with Crippen LogP contribution in [0.25, 0.3) is 10.8 Å². The van der Waals surface area contributed by atoms with Crippen LogP contribution in [0, 0.1) is 0 Å². The summed E-state index contributed by atoms with van der Waals surface area (Å²) in [5.41, 5.74) is 0. The number of hydrogen-bond acceptors (Lipinski definition) is 2. The molecule has 3 rings (SSSR count). The average molecular weight is 386 g/mol. The third-order valence-electron chi connectivity index (χ3n) is 2.98. The summed E-state index contributed by atoms with van der Waals surface area (Å²) in [7, 11) is 0. The molecule has 0 aliphatic rings. The van der Waals surface area contributed by atoms with E-state index in [1.165, 1.54) is 10.8 Å². The second kappa shape index (κ2) is 9.94. The Balaban J connectivity index is 0.000000174. The van der Waals surface area contributed by atoms with Crippen LogP contribution in [0.2, 0.25) is 5.02 Å². The van der Waals surface area contributed by atoms with E-state index in [1.807, 2.05) is 54.6 Å². The minimum Gasteiger partial charge on any atom is -0.478 e. The number of alkyl halides is 2. The van der Waals surface area contributed by atoms with Crippen LogP contribution in [-0.2, 0) is 0 Å². The fraction of sp³-hybridized carbons (Fsp3) is 0.111. The van der Waals surface area contributed by atoms with E-state index in [0.717, 1.165) is 15.7 Å². The summed E-state index contributed by atoms with van der Waals surface area (Å²) in [6, 6.07) is 21.9. The molecule has 120 valence electrons. The molecular formula is C18H15Cl3OS. The Bertz CT molecular complexity index is 732. The van der Waals surface area contributed by atoms with Gasteiger partial charge in [-0.05, 0) is 47.2 Å². The molecule has 0 saturated heterocycles. The quantitative estimate of drug-likeness (QED) is 0.352. The van der Waals surface area contributed by atoms with E-state index in [4.69, 9.17) is 39.5 Å². The van der Waals surface area contributed by atoms with Crippen LogP contribution in [0.3, 0.4) is 0 Å². The van der Waals surface area contributed by atoms with Gasteiger partial charge in [0.15, 0.2) is 6.07 Å². The molecule has 0 saturated carbocycles. The fourth-order valence-corrected chi connectivity index (χ4v) is 3.00. The van der Waals surface area contributed by atoms with E-state index in [2.05, 4.69) is 12.1 Å². The number of fused-ring (bicyclic) bond motifs is 1. The molecule has 0 aromatic heterocycles. The van der Waals surface area contributed by atoms with Crippen molar-refractivity contribution in [3.8, 4) is 5.75 Å². The van der Waals surface area contributed by atoms with E-state index in [0.29, 0.717) is 5.21 Å². The predicted octanol–water partition coefficient (Wildman–Crippen LogP) is 7.04. The predicted molar refractivity (Wildman–Crippen MR) is 103 cm³/mol. The topological polar surface area (TPSA) is 9.23 Å². The third kappa shape index (κ3) is 6.15. The molecule has 0 bridgehead atoms. The van der Waals surface area contributed by atoms with Gasteiger partial charge in [-0.15, -0.1) is 23.4 Å². The van der Waals surface area contributed by atoms with Gasteiger partial charge >= 0.3 is 0 Å². The van der Waals surface area contributed by atoms with Crippen molar-refractivity contribution in [1.82, 2.24) is 0 Å². The Morgan fingerprint density at radius 3 is 2.17 bits per heavy atom. The standard InChI is InChI=1S/C11H9ClO.C7H6Cl2S/c12-8-13-11-6-5-9-3-1-2-4-10(9)7-11;8-5-10-7-3-1-6(9)2-4-7/h1-7H,8H2;1-4H,5H2. The Morgan fingerprint density at radius 2 is 1.52 bits per heavy atom. The van der Waals surface area contributed by atoms with Gasteiger partial charge in [-0.1, -0.05) is 53.5 Å². The number of hydrogen-bond donors (Lipinski definition) is 0. The molecule has 1 nitrogen and oxygen atoms in total. The summed E-state index contributed by atoms with van der Waals surface area (Å²) in [6.07, 6.45) is 0. The first-order valence-electron chi connectivity index (χ1n) is 6.85. The lowest BCUT2D eigenvalue weighted by molar-refractivity contribution is 0.388. The van der Waals surface area contributed by atoms with Gasteiger partial charge in [-0.2, -0.15) is 0 Å². The second-order valence-corrected chi connectivity index (χ2v) is 6.76. The molecular weight excluding hydrogens is 371 g/mol. The van der Waals surface area contributed by atoms with Crippen LogP contribution in [0.1, 0.15) is 0 Å². The summed E-state index contributed by atoms with van der Waals surface area (Å²) < 4.78 is 5.18. The minimum atomic E-state index is 0.193. The van der Waals surface area contributed by atoms with E-state index in [-0.39, 0.29) is 6.07 Å². The highest BCUT2D eigenvalue weighted by atomic mass is 35.5. The van der Waals surface area contributed by atoms with E-state index >= 15 is 0 Å². The maximum absolute atomic E-state index is 5.67. The molecule has 0 fully saturated rings. The van der Waals surface area contributed by atoms with Crippen molar-refractivity contribution in [1.29, 1.82) is 0 Å². The zero-order chi connectivity index (χ0) is 16.5. The van der Waals surface area contributed by atoms with Gasteiger partial charge < -0.3 is 4.74 Å². The first kappa shape index (κ1) is 18.3. The smallest absolute Gasteiger partial charge is 0.162 e. The summed E-state index contributed by atoms with van der Waals surface area (Å²) in [5, 5.41) is 3.73. The fourth-order valence-electron chi connectivity index (χ4n) is 1.91. The van der Waals surface area contributed by atoms with Crippen molar-refractivity contribution in [2.45, 2.75) is 4.90 Å². The highest BCUT2D eigenvalue weighted by Crippen LogP contribution is 2.21. The van der Waals surface area contributed by atoms with Crippen molar-refractivity contribution in [2.75, 3.05) is 11.3 Å². The Morgan fingerprint density at radius 1 is 0.826 bits per heavy atom. The summed E-state index contributed by atoms with van der Waals surface area (Å²) in [6.45, 7) is 0. The van der Waals surface area contributed by atoms with Gasteiger partial charge in [0.05, 0.1) is 5.21 Å². The molecule has 0 atom stereocenters. The van der Waals surface area contributed by atoms with Crippen molar-refractivity contribution < 1.29 is 4.74 Å². The van der Waals surface area contributed by atoms with E-state index in [9.17, 15) is 0 Å². The molecule has 23 heavy (non-hydrogen) atoms. The first-order valence-corrected chi connectivity index (χ1v) is 9.28. The molecule has 3 aromatic carbocycles. The minimum absolute atomic E-state index is 0.193. The van der Waals surface area contributed by atoms with Crippen molar-refractivity contribution in [3.05, 3.63) is 71.8 Å². The van der Waals surface area contributed by atoms with Crippen LogP contribution in [0.5, 0.6) is 5.75 Å². The molecule has 0 spiro atoms. The van der Waals surface area contributed by atoms with Crippen molar-refractivity contribution >= 4 is 57.3 Å². The highest BCUT2D eigenvalue weighted by Gasteiger charge is 1.95. The zero-order valence-electron chi connectivity index (χ0n) is 12.2. The summed E-state index contributed by atoms with van der Waals surface area (Å²) in [4.78, 5) is 1.15. The zero-order valence-corrected chi connectivity index (χ0v) is 15.3.